The van der Waals surface area contributed by atoms with Crippen molar-refractivity contribution < 1.29 is 4.74 Å². The number of fused-ring (bicyclic) bond motifs is 12. The van der Waals surface area contributed by atoms with E-state index in [0.29, 0.717) is 0 Å². The monoisotopic (exact) mass is 256 g/mol. The van der Waals surface area contributed by atoms with E-state index in [2.05, 4.69) is 36.4 Å². The van der Waals surface area contributed by atoms with E-state index in [1.165, 1.54) is 49.7 Å². The molecule has 0 N–H and O–H groups in total. The maximum absolute atomic E-state index is 5.32. The van der Waals surface area contributed by atoms with Gasteiger partial charge >= 0.3 is 0 Å². The summed E-state index contributed by atoms with van der Waals surface area (Å²) in [4.78, 5) is 0. The Balaban J connectivity index is 1.90. The second-order valence-corrected chi connectivity index (χ2v) is 5.19. The van der Waals surface area contributed by atoms with Crippen LogP contribution in [0.4, 0.5) is 0 Å². The predicted molar refractivity (Wildman–Crippen MR) is 80.9 cm³/mol. The van der Waals surface area contributed by atoms with Crippen LogP contribution in [0.2, 0.25) is 0 Å². The first-order valence-electron chi connectivity index (χ1n) is 7.48. The van der Waals surface area contributed by atoms with Crippen LogP contribution < -0.4 is 0 Å². The van der Waals surface area contributed by atoms with Gasteiger partial charge in [-0.1, -0.05) is 24.3 Å². The number of rotatable bonds is 0. The summed E-state index contributed by atoms with van der Waals surface area (Å²) in [7, 11) is 0. The molecule has 0 atom stereocenters. The summed E-state index contributed by atoms with van der Waals surface area (Å²) in [6.07, 6.45) is 17.4. The fourth-order valence-electron chi connectivity index (χ4n) is 2.35. The van der Waals surface area contributed by atoms with E-state index in [4.69, 9.17) is 4.74 Å². The molecule has 1 nitrogen and oxygen atoms in total. The average Bonchev–Trinajstić information content (AvgIpc) is 2.45. The molecule has 0 fully saturated rings. The normalized spacial score (nSPS) is 21.3. The highest BCUT2D eigenvalue weighted by atomic mass is 16.5. The van der Waals surface area contributed by atoms with Gasteiger partial charge in [0.15, 0.2) is 0 Å². The molecule has 0 amide bonds. The molecule has 1 aromatic rings. The lowest BCUT2D eigenvalue weighted by Gasteiger charge is -2.04. The van der Waals surface area contributed by atoms with Crippen LogP contribution >= 0.6 is 0 Å². The Morgan fingerprint density at radius 3 is 1.58 bits per heavy atom. The molecule has 0 saturated heterocycles. The SMILES string of the molecule is C1=C\O/C=C\CCCCc2ccc(cc2)CCCC/1. The van der Waals surface area contributed by atoms with Crippen LogP contribution in [0.15, 0.2) is 48.9 Å². The third-order valence-electron chi connectivity index (χ3n) is 3.55. The van der Waals surface area contributed by atoms with Gasteiger partial charge in [0.1, 0.15) is 0 Å². The van der Waals surface area contributed by atoms with Gasteiger partial charge in [0.2, 0.25) is 0 Å². The van der Waals surface area contributed by atoms with E-state index in [1.807, 2.05) is 12.5 Å². The molecule has 2 bridgehead atoms. The summed E-state index contributed by atoms with van der Waals surface area (Å²) in [6.45, 7) is 0. The number of aryl methyl sites for hydroxylation is 2. The van der Waals surface area contributed by atoms with Crippen molar-refractivity contribution in [3.05, 3.63) is 60.1 Å². The quantitative estimate of drug-likeness (QED) is 0.622. The largest absolute Gasteiger partial charge is 0.473 e. The van der Waals surface area contributed by atoms with E-state index >= 15 is 0 Å². The van der Waals surface area contributed by atoms with Crippen LogP contribution in [0.5, 0.6) is 0 Å². The van der Waals surface area contributed by atoms with Gasteiger partial charge in [-0.15, -0.1) is 0 Å². The molecule has 0 aliphatic carbocycles. The van der Waals surface area contributed by atoms with Gasteiger partial charge in [-0.05, 0) is 74.6 Å². The number of allylic oxidation sites excluding steroid dienone is 2. The van der Waals surface area contributed by atoms with Crippen molar-refractivity contribution in [2.45, 2.75) is 51.4 Å². The van der Waals surface area contributed by atoms with Crippen molar-refractivity contribution in [2.75, 3.05) is 0 Å². The standard InChI is InChI=1S/C18H24O/c1-3-7-15-19-16-8-4-2-6-10-18-13-11-17(9-5-1)12-14-18/h7-8,11-16H,1-6,9-10H2/b15-7-,16-8-. The van der Waals surface area contributed by atoms with Crippen molar-refractivity contribution in [3.63, 3.8) is 0 Å². The molecule has 1 heteroatoms. The first-order chi connectivity index (χ1) is 9.45. The Labute approximate surface area is 117 Å². The van der Waals surface area contributed by atoms with Crippen molar-refractivity contribution in [1.29, 1.82) is 0 Å². The van der Waals surface area contributed by atoms with Gasteiger partial charge in [-0.3, -0.25) is 0 Å². The summed E-state index contributed by atoms with van der Waals surface area (Å²) < 4.78 is 5.32. The van der Waals surface area contributed by atoms with Crippen LogP contribution in [-0.2, 0) is 17.6 Å². The van der Waals surface area contributed by atoms with E-state index in [-0.39, 0.29) is 0 Å². The number of ether oxygens (including phenoxy) is 1. The fraction of sp³-hybridized carbons (Fsp3) is 0.444. The summed E-state index contributed by atoms with van der Waals surface area (Å²) in [6, 6.07) is 9.19. The number of benzene rings is 1. The molecule has 0 aromatic heterocycles. The first-order valence-corrected chi connectivity index (χ1v) is 7.48. The van der Waals surface area contributed by atoms with Crippen LogP contribution in [0, 0.1) is 0 Å². The van der Waals surface area contributed by atoms with Crippen molar-refractivity contribution in [3.8, 4) is 0 Å². The topological polar surface area (TPSA) is 9.23 Å². The van der Waals surface area contributed by atoms with Gasteiger partial charge < -0.3 is 4.74 Å². The van der Waals surface area contributed by atoms with Crippen LogP contribution in [0.1, 0.15) is 49.7 Å². The minimum absolute atomic E-state index is 1.10. The van der Waals surface area contributed by atoms with Gasteiger partial charge in [0.25, 0.3) is 0 Å². The summed E-state index contributed by atoms with van der Waals surface area (Å²) in [5.74, 6) is 0. The zero-order chi connectivity index (χ0) is 13.2. The maximum atomic E-state index is 5.32. The Hall–Kier alpha value is -1.50. The van der Waals surface area contributed by atoms with Gasteiger partial charge in [-0.25, -0.2) is 0 Å². The molecule has 2 heterocycles. The highest BCUT2D eigenvalue weighted by Gasteiger charge is 1.96. The third-order valence-corrected chi connectivity index (χ3v) is 3.55. The lowest BCUT2D eigenvalue weighted by molar-refractivity contribution is 0.398. The van der Waals surface area contributed by atoms with E-state index in [1.54, 1.807) is 0 Å². The first kappa shape index (κ1) is 13.9. The number of hydrogen-bond acceptors (Lipinski definition) is 1. The minimum atomic E-state index is 1.10. The predicted octanol–water partition coefficient (Wildman–Crippen LogP) is 5.17. The zero-order valence-corrected chi connectivity index (χ0v) is 11.7. The van der Waals surface area contributed by atoms with E-state index < -0.39 is 0 Å². The van der Waals surface area contributed by atoms with E-state index in [0.717, 1.165) is 12.8 Å². The molecule has 0 saturated carbocycles. The third kappa shape index (κ3) is 5.78. The molecule has 102 valence electrons. The van der Waals surface area contributed by atoms with E-state index in [9.17, 15) is 0 Å². The Kier molecular flexibility index (Phi) is 6.28. The molecule has 19 heavy (non-hydrogen) atoms. The van der Waals surface area contributed by atoms with Crippen molar-refractivity contribution in [1.82, 2.24) is 0 Å². The molecular weight excluding hydrogens is 232 g/mol. The second kappa shape index (κ2) is 8.58. The van der Waals surface area contributed by atoms with Crippen LogP contribution in [-0.4, -0.2) is 0 Å². The number of hydrogen-bond donors (Lipinski definition) is 0. The molecule has 2 aliphatic rings. The van der Waals surface area contributed by atoms with Crippen molar-refractivity contribution >= 4 is 0 Å². The van der Waals surface area contributed by atoms with Gasteiger partial charge in [0.05, 0.1) is 12.5 Å². The Bertz CT molecular complexity index is 361. The molecule has 0 spiro atoms. The lowest BCUT2D eigenvalue weighted by Crippen LogP contribution is -1.89. The summed E-state index contributed by atoms with van der Waals surface area (Å²) in [5.41, 5.74) is 2.94. The molecule has 0 unspecified atom stereocenters. The lowest BCUT2D eigenvalue weighted by atomic mass is 10.0. The summed E-state index contributed by atoms with van der Waals surface area (Å²) in [5, 5.41) is 0. The molecular formula is C18H24O. The van der Waals surface area contributed by atoms with Crippen molar-refractivity contribution in [2.24, 2.45) is 0 Å². The minimum Gasteiger partial charge on any atom is -0.473 e. The molecule has 2 aliphatic heterocycles. The smallest absolute Gasteiger partial charge is 0.0861 e. The average molecular weight is 256 g/mol. The highest BCUT2D eigenvalue weighted by molar-refractivity contribution is 5.22. The summed E-state index contributed by atoms with van der Waals surface area (Å²) >= 11 is 0. The second-order valence-electron chi connectivity index (χ2n) is 5.19. The maximum Gasteiger partial charge on any atom is 0.0861 e. The molecule has 1 aromatic carbocycles. The fourth-order valence-corrected chi connectivity index (χ4v) is 2.35. The van der Waals surface area contributed by atoms with Gasteiger partial charge in [0, 0.05) is 0 Å². The van der Waals surface area contributed by atoms with Crippen LogP contribution in [0.25, 0.3) is 0 Å². The Morgan fingerprint density at radius 2 is 1.11 bits per heavy atom. The zero-order valence-electron chi connectivity index (χ0n) is 11.7. The van der Waals surface area contributed by atoms with Gasteiger partial charge in [-0.2, -0.15) is 0 Å². The Morgan fingerprint density at radius 1 is 0.632 bits per heavy atom. The molecule has 0 radical (unpaired) electrons. The van der Waals surface area contributed by atoms with Crippen LogP contribution in [0.3, 0.4) is 0 Å². The molecule has 3 rings (SSSR count). The highest BCUT2D eigenvalue weighted by Crippen LogP contribution is 2.12.